The Morgan fingerprint density at radius 2 is 1.62 bits per heavy atom. The predicted octanol–water partition coefficient (Wildman–Crippen LogP) is 3.55. The summed E-state index contributed by atoms with van der Waals surface area (Å²) in [6, 6.07) is 18.5. The molecule has 1 fully saturated rings. The van der Waals surface area contributed by atoms with E-state index < -0.39 is 0 Å². The Labute approximate surface area is 143 Å². The van der Waals surface area contributed by atoms with E-state index in [1.165, 1.54) is 30.5 Å². The second-order valence-electron chi connectivity index (χ2n) is 7.12. The zero-order valence-electron chi connectivity index (χ0n) is 14.0. The molecule has 0 aromatic heterocycles. The maximum Gasteiger partial charge on any atom is 0.190 e. The van der Waals surface area contributed by atoms with Crippen molar-refractivity contribution >= 4 is 5.71 Å². The van der Waals surface area contributed by atoms with Crippen LogP contribution in [0.15, 0.2) is 59.6 Å². The van der Waals surface area contributed by atoms with E-state index in [4.69, 9.17) is 4.99 Å². The van der Waals surface area contributed by atoms with Gasteiger partial charge in [-0.05, 0) is 30.5 Å². The van der Waals surface area contributed by atoms with Gasteiger partial charge >= 0.3 is 0 Å². The number of nitrogens with zero attached hydrogens (tertiary/aromatic N) is 1. The molecule has 0 radical (unpaired) electrons. The van der Waals surface area contributed by atoms with E-state index in [-0.39, 0.29) is 11.7 Å². The summed E-state index contributed by atoms with van der Waals surface area (Å²) in [7, 11) is 0. The van der Waals surface area contributed by atoms with Crippen LogP contribution < -0.4 is 5.32 Å². The Kier molecular flexibility index (Phi) is 4.11. The number of hydrogen-bond acceptors (Lipinski definition) is 2. The molecule has 3 nitrogen and oxygen atoms in total. The molecule has 124 valence electrons. The van der Waals surface area contributed by atoms with Gasteiger partial charge in [0.1, 0.15) is 11.8 Å². The van der Waals surface area contributed by atoms with Gasteiger partial charge in [-0.25, -0.2) is 4.99 Å². The average molecular weight is 321 g/mol. The van der Waals surface area contributed by atoms with Gasteiger partial charge in [-0.3, -0.25) is 0 Å². The lowest BCUT2D eigenvalue weighted by molar-refractivity contribution is -0.766. The van der Waals surface area contributed by atoms with Crippen LogP contribution in [0, 0.1) is 0 Å². The topological polar surface area (TPSA) is 49.2 Å². The molecule has 4 rings (SSSR count). The third-order valence-corrected chi connectivity index (χ3v) is 5.44. The summed E-state index contributed by atoms with van der Waals surface area (Å²) in [5.74, 6) is 0.402. The molecule has 2 aliphatic rings. The van der Waals surface area contributed by atoms with Crippen molar-refractivity contribution in [3.63, 3.8) is 0 Å². The molecule has 0 saturated heterocycles. The number of aromatic hydroxyl groups is 1. The molecule has 2 aromatic rings. The fourth-order valence-corrected chi connectivity index (χ4v) is 4.25. The largest absolute Gasteiger partial charge is 0.507 e. The predicted molar refractivity (Wildman–Crippen MR) is 96.2 cm³/mol. The normalized spacial score (nSPS) is 23.0. The first kappa shape index (κ1) is 15.4. The molecule has 1 aliphatic heterocycles. The first-order chi connectivity index (χ1) is 11.8. The summed E-state index contributed by atoms with van der Waals surface area (Å²) >= 11 is 0. The maximum atomic E-state index is 10.3. The number of phenolic OH excluding ortho intramolecular Hbond substituents is 1. The molecule has 2 aromatic carbocycles. The molecular formula is C21H25N2O+. The highest BCUT2D eigenvalue weighted by atomic mass is 16.3. The van der Waals surface area contributed by atoms with Gasteiger partial charge in [0.15, 0.2) is 5.66 Å². The molecule has 1 spiro atoms. The van der Waals surface area contributed by atoms with Crippen molar-refractivity contribution < 1.29 is 10.4 Å². The Morgan fingerprint density at radius 1 is 0.917 bits per heavy atom. The SMILES string of the molecule is Oc1ccccc1[C@H]1CC(c2ccccc2)=NC2(CCCCC2)[NH2+]1. The zero-order valence-corrected chi connectivity index (χ0v) is 14.0. The monoisotopic (exact) mass is 321 g/mol. The molecule has 1 heterocycles. The van der Waals surface area contributed by atoms with E-state index in [1.54, 1.807) is 6.07 Å². The first-order valence-corrected chi connectivity index (χ1v) is 9.04. The second kappa shape index (κ2) is 6.40. The minimum atomic E-state index is -0.0470. The van der Waals surface area contributed by atoms with E-state index >= 15 is 0 Å². The van der Waals surface area contributed by atoms with E-state index in [0.29, 0.717) is 5.75 Å². The number of nitrogens with two attached hydrogens (primary N) is 1. The van der Waals surface area contributed by atoms with E-state index in [0.717, 1.165) is 24.8 Å². The third kappa shape index (κ3) is 2.96. The lowest BCUT2D eigenvalue weighted by Crippen LogP contribution is -2.98. The quantitative estimate of drug-likeness (QED) is 0.873. The number of benzene rings is 2. The van der Waals surface area contributed by atoms with Crippen LogP contribution in [-0.2, 0) is 0 Å². The summed E-state index contributed by atoms with van der Waals surface area (Å²) in [4.78, 5) is 5.23. The summed E-state index contributed by atoms with van der Waals surface area (Å²) in [5, 5.41) is 12.8. The van der Waals surface area contributed by atoms with Crippen LogP contribution in [0.1, 0.15) is 55.7 Å². The van der Waals surface area contributed by atoms with Gasteiger partial charge in [-0.1, -0.05) is 48.9 Å². The van der Waals surface area contributed by atoms with E-state index in [2.05, 4.69) is 41.7 Å². The van der Waals surface area contributed by atoms with Crippen molar-refractivity contribution in [3.8, 4) is 5.75 Å². The van der Waals surface area contributed by atoms with Crippen LogP contribution in [0.4, 0.5) is 0 Å². The summed E-state index contributed by atoms with van der Waals surface area (Å²) < 4.78 is 0. The molecule has 24 heavy (non-hydrogen) atoms. The Balaban J connectivity index is 1.74. The van der Waals surface area contributed by atoms with E-state index in [9.17, 15) is 5.11 Å². The van der Waals surface area contributed by atoms with Crippen LogP contribution >= 0.6 is 0 Å². The van der Waals surface area contributed by atoms with Crippen molar-refractivity contribution in [2.45, 2.75) is 50.2 Å². The summed E-state index contributed by atoms with van der Waals surface area (Å²) in [6.45, 7) is 0. The molecule has 0 unspecified atom stereocenters. The summed E-state index contributed by atoms with van der Waals surface area (Å²) in [6.07, 6.45) is 6.93. The van der Waals surface area contributed by atoms with Gasteiger partial charge in [0.05, 0.1) is 11.3 Å². The van der Waals surface area contributed by atoms with Gasteiger partial charge in [-0.2, -0.15) is 0 Å². The van der Waals surface area contributed by atoms with Gasteiger partial charge in [-0.15, -0.1) is 0 Å². The number of quaternary nitrogens is 1. The summed E-state index contributed by atoms with van der Waals surface area (Å²) in [5.41, 5.74) is 3.39. The Hall–Kier alpha value is -2.13. The highest BCUT2D eigenvalue weighted by Gasteiger charge is 2.42. The average Bonchev–Trinajstić information content (AvgIpc) is 2.63. The maximum absolute atomic E-state index is 10.3. The smallest absolute Gasteiger partial charge is 0.190 e. The van der Waals surface area contributed by atoms with Crippen molar-refractivity contribution in [2.75, 3.05) is 0 Å². The molecule has 3 heteroatoms. The van der Waals surface area contributed by atoms with Crippen molar-refractivity contribution in [1.29, 1.82) is 0 Å². The molecule has 3 N–H and O–H groups in total. The number of para-hydroxylation sites is 1. The molecule has 1 saturated carbocycles. The van der Waals surface area contributed by atoms with Crippen molar-refractivity contribution in [1.82, 2.24) is 0 Å². The minimum Gasteiger partial charge on any atom is -0.507 e. The molecule has 0 amide bonds. The van der Waals surface area contributed by atoms with Crippen molar-refractivity contribution in [3.05, 3.63) is 65.7 Å². The Bertz CT molecular complexity index is 733. The first-order valence-electron chi connectivity index (χ1n) is 9.04. The molecular weight excluding hydrogens is 296 g/mol. The fourth-order valence-electron chi connectivity index (χ4n) is 4.25. The van der Waals surface area contributed by atoms with Crippen LogP contribution in [-0.4, -0.2) is 16.5 Å². The number of aliphatic imine (C=N–C) groups is 1. The Morgan fingerprint density at radius 3 is 2.38 bits per heavy atom. The number of hydrogen-bond donors (Lipinski definition) is 2. The standard InChI is InChI=1S/C21H24N2O/c24-20-12-6-5-11-17(20)19-15-18(16-9-3-1-4-10-16)22-21(23-19)13-7-2-8-14-21/h1,3-6,9-12,19,23-24H,2,7-8,13-15H2/p+1/t19-/m1/s1. The van der Waals surface area contributed by atoms with Crippen LogP contribution in [0.5, 0.6) is 5.75 Å². The third-order valence-electron chi connectivity index (χ3n) is 5.44. The fraction of sp³-hybridized carbons (Fsp3) is 0.381. The lowest BCUT2D eigenvalue weighted by Gasteiger charge is -2.39. The zero-order chi connectivity index (χ0) is 16.4. The highest BCUT2D eigenvalue weighted by Crippen LogP contribution is 2.34. The van der Waals surface area contributed by atoms with Gasteiger partial charge < -0.3 is 10.4 Å². The van der Waals surface area contributed by atoms with Crippen LogP contribution in [0.2, 0.25) is 0 Å². The molecule has 0 bridgehead atoms. The van der Waals surface area contributed by atoms with Gasteiger partial charge in [0.2, 0.25) is 0 Å². The van der Waals surface area contributed by atoms with Gasteiger partial charge in [0.25, 0.3) is 0 Å². The minimum absolute atomic E-state index is 0.0470. The number of rotatable bonds is 2. The van der Waals surface area contributed by atoms with Crippen LogP contribution in [0.3, 0.4) is 0 Å². The van der Waals surface area contributed by atoms with Crippen LogP contribution in [0.25, 0.3) is 0 Å². The second-order valence-corrected chi connectivity index (χ2v) is 7.12. The number of phenols is 1. The van der Waals surface area contributed by atoms with Gasteiger partial charge in [0, 0.05) is 19.3 Å². The highest BCUT2D eigenvalue weighted by molar-refractivity contribution is 6.01. The van der Waals surface area contributed by atoms with Crippen molar-refractivity contribution in [2.24, 2.45) is 4.99 Å². The molecule has 1 aliphatic carbocycles. The lowest BCUT2D eigenvalue weighted by atomic mass is 9.84. The van der Waals surface area contributed by atoms with E-state index in [1.807, 2.05) is 12.1 Å². The molecule has 1 atom stereocenters.